The molecule has 6 nitrogen and oxygen atoms in total. The summed E-state index contributed by atoms with van der Waals surface area (Å²) in [5.41, 5.74) is 5.70. The van der Waals surface area contributed by atoms with Crippen LogP contribution >= 0.6 is 0 Å². The Balaban J connectivity index is 1.97. The second-order valence-corrected chi connectivity index (χ2v) is 4.06. The number of para-hydroxylation sites is 1. The quantitative estimate of drug-likeness (QED) is 0.646. The molecule has 0 saturated heterocycles. The topological polar surface area (TPSA) is 102 Å². The highest BCUT2D eigenvalue weighted by molar-refractivity contribution is 5.86. The summed E-state index contributed by atoms with van der Waals surface area (Å²) >= 11 is 0. The van der Waals surface area contributed by atoms with Crippen molar-refractivity contribution in [1.29, 1.82) is 0 Å². The summed E-state index contributed by atoms with van der Waals surface area (Å²) in [5.74, 6) is -0.881. The Morgan fingerprint density at radius 1 is 1.50 bits per heavy atom. The SMILES string of the molecule is NC(=O)C(O)CNC(=O)C1COc2ccccc21. The van der Waals surface area contributed by atoms with E-state index in [4.69, 9.17) is 10.5 Å². The van der Waals surface area contributed by atoms with Crippen molar-refractivity contribution in [2.45, 2.75) is 12.0 Å². The number of nitrogens with two attached hydrogens (primary N) is 1. The number of benzene rings is 1. The molecule has 1 aromatic carbocycles. The molecule has 1 heterocycles. The summed E-state index contributed by atoms with van der Waals surface area (Å²) in [7, 11) is 0. The number of nitrogens with one attached hydrogen (secondary N) is 1. The monoisotopic (exact) mass is 250 g/mol. The van der Waals surface area contributed by atoms with Gasteiger partial charge in [0, 0.05) is 5.56 Å². The number of amides is 2. The number of hydrogen-bond donors (Lipinski definition) is 3. The summed E-state index contributed by atoms with van der Waals surface area (Å²) in [6.07, 6.45) is -1.37. The average Bonchev–Trinajstić information content (AvgIpc) is 2.79. The molecule has 96 valence electrons. The largest absolute Gasteiger partial charge is 0.492 e. The van der Waals surface area contributed by atoms with E-state index >= 15 is 0 Å². The zero-order valence-corrected chi connectivity index (χ0v) is 9.63. The van der Waals surface area contributed by atoms with Gasteiger partial charge in [-0.15, -0.1) is 0 Å². The van der Waals surface area contributed by atoms with Gasteiger partial charge in [0.05, 0.1) is 6.54 Å². The molecule has 2 atom stereocenters. The maximum atomic E-state index is 11.9. The van der Waals surface area contributed by atoms with Gasteiger partial charge in [-0.2, -0.15) is 0 Å². The Hall–Kier alpha value is -2.08. The molecule has 1 aliphatic heterocycles. The number of rotatable bonds is 4. The van der Waals surface area contributed by atoms with E-state index in [0.717, 1.165) is 5.56 Å². The second kappa shape index (κ2) is 5.05. The third kappa shape index (κ3) is 2.43. The lowest BCUT2D eigenvalue weighted by Gasteiger charge is -2.12. The molecule has 0 aliphatic carbocycles. The zero-order chi connectivity index (χ0) is 13.1. The Morgan fingerprint density at radius 2 is 2.22 bits per heavy atom. The van der Waals surface area contributed by atoms with E-state index in [1.165, 1.54) is 0 Å². The van der Waals surface area contributed by atoms with Crippen LogP contribution < -0.4 is 15.8 Å². The van der Waals surface area contributed by atoms with E-state index in [1.54, 1.807) is 6.07 Å². The number of aliphatic hydroxyl groups is 1. The molecule has 4 N–H and O–H groups in total. The Morgan fingerprint density at radius 3 is 2.94 bits per heavy atom. The van der Waals surface area contributed by atoms with Crippen LogP contribution in [0.4, 0.5) is 0 Å². The predicted molar refractivity (Wildman–Crippen MR) is 62.9 cm³/mol. The lowest BCUT2D eigenvalue weighted by molar-refractivity contribution is -0.127. The van der Waals surface area contributed by atoms with Crippen LogP contribution in [0.1, 0.15) is 11.5 Å². The summed E-state index contributed by atoms with van der Waals surface area (Å²) in [4.78, 5) is 22.5. The molecule has 0 saturated carbocycles. The van der Waals surface area contributed by atoms with E-state index in [0.29, 0.717) is 5.75 Å². The van der Waals surface area contributed by atoms with Crippen molar-refractivity contribution in [2.75, 3.05) is 13.2 Å². The highest BCUT2D eigenvalue weighted by Crippen LogP contribution is 2.33. The minimum atomic E-state index is -1.37. The van der Waals surface area contributed by atoms with Crippen molar-refractivity contribution in [2.24, 2.45) is 5.73 Å². The van der Waals surface area contributed by atoms with Crippen molar-refractivity contribution < 1.29 is 19.4 Å². The molecule has 1 aliphatic rings. The van der Waals surface area contributed by atoms with Gasteiger partial charge in [0.1, 0.15) is 24.4 Å². The van der Waals surface area contributed by atoms with Gasteiger partial charge in [0.2, 0.25) is 11.8 Å². The highest BCUT2D eigenvalue weighted by atomic mass is 16.5. The first-order valence-corrected chi connectivity index (χ1v) is 5.56. The summed E-state index contributed by atoms with van der Waals surface area (Å²) in [6, 6.07) is 7.26. The number of hydrogen-bond acceptors (Lipinski definition) is 4. The number of fused-ring (bicyclic) bond motifs is 1. The highest BCUT2D eigenvalue weighted by Gasteiger charge is 2.30. The van der Waals surface area contributed by atoms with E-state index < -0.39 is 17.9 Å². The summed E-state index contributed by atoms with van der Waals surface area (Å²) < 4.78 is 5.37. The van der Waals surface area contributed by atoms with Gasteiger partial charge in [-0.3, -0.25) is 9.59 Å². The lowest BCUT2D eigenvalue weighted by Crippen LogP contribution is -2.41. The maximum absolute atomic E-state index is 11.9. The molecule has 2 amide bonds. The Kier molecular flexibility index (Phi) is 3.47. The van der Waals surface area contributed by atoms with Crippen molar-refractivity contribution in [3.8, 4) is 5.75 Å². The van der Waals surface area contributed by atoms with Gasteiger partial charge in [-0.05, 0) is 6.07 Å². The van der Waals surface area contributed by atoms with Crippen molar-refractivity contribution in [3.05, 3.63) is 29.8 Å². The number of carbonyl (C=O) groups is 2. The molecule has 2 rings (SSSR count). The van der Waals surface area contributed by atoms with E-state index in [-0.39, 0.29) is 19.1 Å². The van der Waals surface area contributed by atoms with Crippen LogP contribution in [0.2, 0.25) is 0 Å². The minimum Gasteiger partial charge on any atom is -0.492 e. The fraction of sp³-hybridized carbons (Fsp3) is 0.333. The van der Waals surface area contributed by atoms with Crippen molar-refractivity contribution in [3.63, 3.8) is 0 Å². The zero-order valence-electron chi connectivity index (χ0n) is 9.63. The summed E-state index contributed by atoms with van der Waals surface area (Å²) in [6.45, 7) is 0.0741. The first kappa shape index (κ1) is 12.4. The van der Waals surface area contributed by atoms with E-state index in [1.807, 2.05) is 18.2 Å². The predicted octanol–water partition coefficient (Wildman–Crippen LogP) is -0.875. The molecule has 0 spiro atoms. The molecule has 0 radical (unpaired) electrons. The normalized spacial score (nSPS) is 18.6. The average molecular weight is 250 g/mol. The lowest BCUT2D eigenvalue weighted by atomic mass is 10.0. The van der Waals surface area contributed by atoms with Gasteiger partial charge in [0.15, 0.2) is 0 Å². The van der Waals surface area contributed by atoms with Crippen molar-refractivity contribution >= 4 is 11.8 Å². The summed E-state index contributed by atoms with van der Waals surface area (Å²) in [5, 5.41) is 11.7. The number of ether oxygens (including phenoxy) is 1. The van der Waals surface area contributed by atoms with Crippen LogP contribution in [-0.4, -0.2) is 36.2 Å². The van der Waals surface area contributed by atoms with Gasteiger partial charge >= 0.3 is 0 Å². The number of aliphatic hydroxyl groups excluding tert-OH is 1. The molecule has 1 aromatic rings. The third-order valence-electron chi connectivity index (χ3n) is 2.81. The molecule has 0 aromatic heterocycles. The smallest absolute Gasteiger partial charge is 0.248 e. The van der Waals surface area contributed by atoms with Crippen LogP contribution in [0.3, 0.4) is 0 Å². The molecular formula is C12H14N2O4. The number of primary amides is 1. The van der Waals surface area contributed by atoms with E-state index in [9.17, 15) is 14.7 Å². The molecular weight excluding hydrogens is 236 g/mol. The van der Waals surface area contributed by atoms with Crippen LogP contribution in [-0.2, 0) is 9.59 Å². The second-order valence-electron chi connectivity index (χ2n) is 4.06. The van der Waals surface area contributed by atoms with E-state index in [2.05, 4.69) is 5.32 Å². The third-order valence-corrected chi connectivity index (χ3v) is 2.81. The fourth-order valence-electron chi connectivity index (χ4n) is 1.80. The number of carbonyl (C=O) groups excluding carboxylic acids is 2. The van der Waals surface area contributed by atoms with Crippen LogP contribution in [0, 0.1) is 0 Å². The molecule has 18 heavy (non-hydrogen) atoms. The fourth-order valence-corrected chi connectivity index (χ4v) is 1.80. The van der Waals surface area contributed by atoms with Crippen molar-refractivity contribution in [1.82, 2.24) is 5.32 Å². The van der Waals surface area contributed by atoms with Gasteiger partial charge in [0.25, 0.3) is 0 Å². The Labute approximate surface area is 104 Å². The molecule has 2 unspecified atom stereocenters. The van der Waals surface area contributed by atoms with Gasteiger partial charge < -0.3 is 20.9 Å². The minimum absolute atomic E-state index is 0.188. The standard InChI is InChI=1S/C12H14N2O4/c13-11(16)9(15)5-14-12(17)8-6-18-10-4-2-1-3-7(8)10/h1-4,8-9,15H,5-6H2,(H2,13,16)(H,14,17). The first-order chi connectivity index (χ1) is 8.59. The van der Waals surface area contributed by atoms with Gasteiger partial charge in [-0.25, -0.2) is 0 Å². The van der Waals surface area contributed by atoms with Crippen LogP contribution in [0.25, 0.3) is 0 Å². The molecule has 0 bridgehead atoms. The van der Waals surface area contributed by atoms with Crippen LogP contribution in [0.15, 0.2) is 24.3 Å². The first-order valence-electron chi connectivity index (χ1n) is 5.56. The van der Waals surface area contributed by atoms with Gasteiger partial charge in [-0.1, -0.05) is 18.2 Å². The van der Waals surface area contributed by atoms with Crippen LogP contribution in [0.5, 0.6) is 5.75 Å². The maximum Gasteiger partial charge on any atom is 0.248 e. The Bertz CT molecular complexity index is 475. The molecule has 0 fully saturated rings. The molecule has 6 heteroatoms.